The van der Waals surface area contributed by atoms with Crippen LogP contribution in [0.2, 0.25) is 0 Å². The Bertz CT molecular complexity index is 1050. The third-order valence-electron chi connectivity index (χ3n) is 4.56. The first-order valence-corrected chi connectivity index (χ1v) is 10.2. The van der Waals surface area contributed by atoms with Crippen LogP contribution in [0.15, 0.2) is 41.6 Å². The van der Waals surface area contributed by atoms with Crippen molar-refractivity contribution in [1.82, 2.24) is 9.97 Å². The molecule has 0 spiro atoms. The predicted molar refractivity (Wildman–Crippen MR) is 103 cm³/mol. The van der Waals surface area contributed by atoms with Gasteiger partial charge in [-0.3, -0.25) is 0 Å². The molecule has 0 saturated carbocycles. The van der Waals surface area contributed by atoms with Gasteiger partial charge in [-0.15, -0.1) is 0 Å². The molecule has 1 fully saturated rings. The van der Waals surface area contributed by atoms with Crippen molar-refractivity contribution >= 4 is 27.5 Å². The molecule has 1 aliphatic heterocycles. The van der Waals surface area contributed by atoms with Crippen molar-refractivity contribution < 1.29 is 43.1 Å². The number of aliphatic hydroxyl groups excluding tert-OH is 3. The standard InChI is InChI=1S/C17H20N4O9S/c1-29-11-6-10(19-7-20-11)21(31(27,28)9-4-2-8(18)3-5-9)16-14(24)12(22)13(23)15(30-16)17(25)26/h2-7,12-16,22-24H,18H2,1H3,(H,25,26)/t12?,13-,14+,15-,16+/m0/s1. The first kappa shape index (κ1) is 22.6. The van der Waals surface area contributed by atoms with Gasteiger partial charge in [-0.1, -0.05) is 0 Å². The van der Waals surface area contributed by atoms with Crippen molar-refractivity contribution in [2.45, 2.75) is 35.5 Å². The van der Waals surface area contributed by atoms with E-state index in [-0.39, 0.29) is 22.3 Å². The van der Waals surface area contributed by atoms with Crippen LogP contribution in [-0.2, 0) is 19.6 Å². The second kappa shape index (κ2) is 8.60. The molecule has 6 N–H and O–H groups in total. The Kier molecular flexibility index (Phi) is 6.28. The van der Waals surface area contributed by atoms with Gasteiger partial charge in [0, 0.05) is 11.8 Å². The largest absolute Gasteiger partial charge is 0.481 e. The van der Waals surface area contributed by atoms with E-state index in [1.807, 2.05) is 0 Å². The number of hydrogen-bond donors (Lipinski definition) is 5. The Labute approximate surface area is 176 Å². The summed E-state index contributed by atoms with van der Waals surface area (Å²) in [6, 6.07) is 6.12. The maximum Gasteiger partial charge on any atom is 0.335 e. The molecule has 31 heavy (non-hydrogen) atoms. The number of benzene rings is 1. The minimum atomic E-state index is -4.56. The van der Waals surface area contributed by atoms with E-state index in [9.17, 15) is 33.6 Å². The van der Waals surface area contributed by atoms with Gasteiger partial charge in [-0.05, 0) is 24.3 Å². The van der Waals surface area contributed by atoms with E-state index in [1.54, 1.807) is 0 Å². The monoisotopic (exact) mass is 456 g/mol. The first-order valence-electron chi connectivity index (χ1n) is 8.76. The second-order valence-corrected chi connectivity index (χ2v) is 8.36. The first-order chi connectivity index (χ1) is 14.6. The molecule has 168 valence electrons. The van der Waals surface area contributed by atoms with Crippen molar-refractivity contribution in [2.75, 3.05) is 17.1 Å². The van der Waals surface area contributed by atoms with E-state index >= 15 is 0 Å². The van der Waals surface area contributed by atoms with Gasteiger partial charge in [0.05, 0.1) is 12.0 Å². The van der Waals surface area contributed by atoms with Crippen LogP contribution in [0.1, 0.15) is 0 Å². The van der Waals surface area contributed by atoms with Gasteiger partial charge in [-0.2, -0.15) is 0 Å². The predicted octanol–water partition coefficient (Wildman–Crippen LogP) is -1.85. The highest BCUT2D eigenvalue weighted by Gasteiger charge is 2.52. The summed E-state index contributed by atoms with van der Waals surface area (Å²) in [5.74, 6) is -2.06. The smallest absolute Gasteiger partial charge is 0.335 e. The zero-order valence-corrected chi connectivity index (χ0v) is 16.8. The van der Waals surface area contributed by atoms with E-state index in [0.29, 0.717) is 4.31 Å². The maximum atomic E-state index is 13.5. The Morgan fingerprint density at radius 1 is 1.13 bits per heavy atom. The number of carboxylic acids is 1. The third kappa shape index (κ3) is 4.24. The van der Waals surface area contributed by atoms with Gasteiger partial charge >= 0.3 is 5.97 Å². The van der Waals surface area contributed by atoms with Crippen LogP contribution < -0.4 is 14.8 Å². The van der Waals surface area contributed by atoms with E-state index < -0.39 is 46.6 Å². The van der Waals surface area contributed by atoms with Crippen LogP contribution >= 0.6 is 0 Å². The number of anilines is 2. The molecular formula is C17H20N4O9S. The number of ether oxygens (including phenoxy) is 2. The summed E-state index contributed by atoms with van der Waals surface area (Å²) < 4.78 is 37.6. The number of nitrogens with zero attached hydrogens (tertiary/aromatic N) is 3. The molecule has 13 nitrogen and oxygen atoms in total. The van der Waals surface area contributed by atoms with Gasteiger partial charge in [0.15, 0.2) is 18.1 Å². The molecule has 1 aromatic heterocycles. The number of nitrogen functional groups attached to an aromatic ring is 1. The van der Waals surface area contributed by atoms with Crippen molar-refractivity contribution in [3.05, 3.63) is 36.7 Å². The number of rotatable bonds is 6. The molecule has 0 amide bonds. The fourth-order valence-electron chi connectivity index (χ4n) is 2.96. The van der Waals surface area contributed by atoms with Crippen LogP contribution in [0.4, 0.5) is 11.5 Å². The van der Waals surface area contributed by atoms with Crippen LogP contribution in [0.5, 0.6) is 5.88 Å². The molecule has 0 aliphatic carbocycles. The topological polar surface area (TPSA) is 206 Å². The highest BCUT2D eigenvalue weighted by molar-refractivity contribution is 7.92. The molecule has 14 heteroatoms. The average Bonchev–Trinajstić information content (AvgIpc) is 2.74. The molecule has 3 rings (SSSR count). The fourth-order valence-corrected chi connectivity index (χ4v) is 4.47. The minimum absolute atomic E-state index is 0.0387. The van der Waals surface area contributed by atoms with E-state index in [2.05, 4.69) is 9.97 Å². The quantitative estimate of drug-likeness (QED) is 0.304. The van der Waals surface area contributed by atoms with E-state index in [0.717, 1.165) is 12.4 Å². The summed E-state index contributed by atoms with van der Waals surface area (Å²) in [4.78, 5) is 18.8. The van der Waals surface area contributed by atoms with Crippen molar-refractivity contribution in [2.24, 2.45) is 0 Å². The number of methoxy groups -OCH3 is 1. The van der Waals surface area contributed by atoms with Crippen LogP contribution in [0.3, 0.4) is 0 Å². The molecule has 2 aromatic rings. The van der Waals surface area contributed by atoms with Gasteiger partial charge in [0.25, 0.3) is 10.0 Å². The highest BCUT2D eigenvalue weighted by Crippen LogP contribution is 2.33. The Morgan fingerprint density at radius 3 is 2.35 bits per heavy atom. The summed E-state index contributed by atoms with van der Waals surface area (Å²) in [6.07, 6.45) is -9.10. The van der Waals surface area contributed by atoms with E-state index in [1.165, 1.54) is 31.4 Å². The third-order valence-corrected chi connectivity index (χ3v) is 6.34. The highest BCUT2D eigenvalue weighted by atomic mass is 32.2. The number of aliphatic carboxylic acids is 1. The molecule has 5 atom stereocenters. The summed E-state index contributed by atoms with van der Waals surface area (Å²) >= 11 is 0. The van der Waals surface area contributed by atoms with Gasteiger partial charge in [0.2, 0.25) is 5.88 Å². The second-order valence-electron chi connectivity index (χ2n) is 6.55. The lowest BCUT2D eigenvalue weighted by molar-refractivity contribution is -0.224. The molecule has 0 bridgehead atoms. The number of sulfonamides is 1. The summed E-state index contributed by atoms with van der Waals surface area (Å²) in [5, 5.41) is 39.9. The Balaban J connectivity index is 2.18. The number of carbonyl (C=O) groups is 1. The SMILES string of the molecule is COc1cc(N([C@@H]2O[C@H](C(=O)O)[C@@H](O)C(O)[C@H]2O)S(=O)(=O)c2ccc(N)cc2)ncn1. The van der Waals surface area contributed by atoms with Crippen LogP contribution in [0.25, 0.3) is 0 Å². The summed E-state index contributed by atoms with van der Waals surface area (Å²) in [7, 11) is -3.28. The number of hydrogen-bond acceptors (Lipinski definition) is 11. The lowest BCUT2D eigenvalue weighted by Gasteiger charge is -2.43. The number of carboxylic acid groups (broad SMARTS) is 1. The van der Waals surface area contributed by atoms with Crippen molar-refractivity contribution in [3.63, 3.8) is 0 Å². The van der Waals surface area contributed by atoms with Crippen molar-refractivity contribution in [3.8, 4) is 5.88 Å². The number of aliphatic hydroxyl groups is 3. The maximum absolute atomic E-state index is 13.5. The van der Waals surface area contributed by atoms with Crippen LogP contribution in [-0.4, -0.2) is 82.5 Å². The molecule has 1 unspecified atom stereocenters. The number of nitrogens with two attached hydrogens (primary N) is 1. The normalized spacial score (nSPS) is 26.3. The molecule has 2 heterocycles. The van der Waals surface area contributed by atoms with E-state index in [4.69, 9.17) is 15.2 Å². The zero-order valence-electron chi connectivity index (χ0n) is 16.0. The van der Waals surface area contributed by atoms with Gasteiger partial charge < -0.3 is 35.6 Å². The molecule has 0 radical (unpaired) electrons. The summed E-state index contributed by atoms with van der Waals surface area (Å²) in [5.41, 5.74) is 5.89. The average molecular weight is 456 g/mol. The van der Waals surface area contributed by atoms with Crippen LogP contribution in [0, 0.1) is 0 Å². The summed E-state index contributed by atoms with van der Waals surface area (Å²) in [6.45, 7) is 0. The zero-order chi connectivity index (χ0) is 22.9. The van der Waals surface area contributed by atoms with Gasteiger partial charge in [-0.25, -0.2) is 27.5 Å². The molecule has 1 saturated heterocycles. The molecule has 1 aromatic carbocycles. The Morgan fingerprint density at radius 2 is 1.77 bits per heavy atom. The minimum Gasteiger partial charge on any atom is -0.481 e. The molecule has 1 aliphatic rings. The van der Waals surface area contributed by atoms with Gasteiger partial charge in [0.1, 0.15) is 24.6 Å². The molecular weight excluding hydrogens is 436 g/mol. The Hall–Kier alpha value is -3.04. The lowest BCUT2D eigenvalue weighted by atomic mass is 9.98. The fraction of sp³-hybridized carbons (Fsp3) is 0.353. The van der Waals surface area contributed by atoms with Crippen molar-refractivity contribution in [1.29, 1.82) is 0 Å². The number of aromatic nitrogens is 2. The lowest BCUT2D eigenvalue weighted by Crippen LogP contribution is -2.65.